The molecule has 7 heteroatoms. The van der Waals surface area contributed by atoms with Gasteiger partial charge in [-0.1, -0.05) is 23.3 Å². The molecule has 1 atom stereocenters. The van der Waals surface area contributed by atoms with E-state index in [9.17, 15) is 14.4 Å². The highest BCUT2D eigenvalue weighted by atomic mass is 16.2. The Morgan fingerprint density at radius 3 is 2.47 bits per heavy atom. The summed E-state index contributed by atoms with van der Waals surface area (Å²) in [6.45, 7) is 4.50. The number of nitrogens with zero attached hydrogens (tertiary/aromatic N) is 3. The summed E-state index contributed by atoms with van der Waals surface area (Å²) in [5.74, 6) is 0.0319. The lowest BCUT2D eigenvalue weighted by atomic mass is 10.0. The predicted octanol–water partition coefficient (Wildman–Crippen LogP) is 3.13. The number of carbonyl (C=O) groups excluding carboxylic acids is 3. The van der Waals surface area contributed by atoms with Crippen LogP contribution in [0.4, 0.5) is 0 Å². The molecule has 0 bridgehead atoms. The summed E-state index contributed by atoms with van der Waals surface area (Å²) in [6.07, 6.45) is 2.59. The van der Waals surface area contributed by atoms with Gasteiger partial charge in [-0.2, -0.15) is 0 Å². The Bertz CT molecular complexity index is 1270. The average Bonchev–Trinajstić information content (AvgIpc) is 3.27. The van der Waals surface area contributed by atoms with E-state index in [0.29, 0.717) is 18.5 Å². The van der Waals surface area contributed by atoms with Crippen molar-refractivity contribution in [1.29, 1.82) is 0 Å². The Labute approximate surface area is 186 Å². The lowest BCUT2D eigenvalue weighted by Crippen LogP contribution is -2.52. The van der Waals surface area contributed by atoms with Crippen molar-refractivity contribution in [3.05, 3.63) is 64.8 Å². The largest absolute Gasteiger partial charge is 0.333 e. The summed E-state index contributed by atoms with van der Waals surface area (Å²) in [5.41, 5.74) is 6.67. The first-order valence-corrected chi connectivity index (χ1v) is 10.7. The summed E-state index contributed by atoms with van der Waals surface area (Å²) >= 11 is 0. The number of carbonyl (C=O) groups is 3. The fraction of sp³-hybridized carbons (Fsp3) is 0.280. The van der Waals surface area contributed by atoms with Crippen molar-refractivity contribution in [2.24, 2.45) is 7.05 Å². The molecule has 0 saturated carbocycles. The van der Waals surface area contributed by atoms with Crippen LogP contribution in [0.25, 0.3) is 22.6 Å². The molecule has 3 amide bonds. The average molecular weight is 428 g/mol. The summed E-state index contributed by atoms with van der Waals surface area (Å²) in [5, 5.41) is 2.34. The smallest absolute Gasteiger partial charge is 0.255 e. The Balaban J connectivity index is 1.45. The van der Waals surface area contributed by atoms with Gasteiger partial charge >= 0.3 is 0 Å². The van der Waals surface area contributed by atoms with E-state index in [1.807, 2.05) is 36.0 Å². The van der Waals surface area contributed by atoms with Crippen molar-refractivity contribution in [2.45, 2.75) is 39.3 Å². The van der Waals surface area contributed by atoms with Crippen molar-refractivity contribution < 1.29 is 14.4 Å². The molecule has 5 rings (SSSR count). The zero-order valence-electron chi connectivity index (χ0n) is 18.3. The number of aryl methyl sites for hydroxylation is 3. The fourth-order valence-electron chi connectivity index (χ4n) is 4.71. The first kappa shape index (κ1) is 20.2. The minimum atomic E-state index is -0.609. The third-order valence-electron chi connectivity index (χ3n) is 6.18. The number of hydrogen-bond donors (Lipinski definition) is 1. The highest BCUT2D eigenvalue weighted by Crippen LogP contribution is 2.32. The molecule has 1 fully saturated rings. The zero-order chi connectivity index (χ0) is 22.6. The molecule has 1 unspecified atom stereocenters. The van der Waals surface area contributed by atoms with Crippen molar-refractivity contribution in [2.75, 3.05) is 0 Å². The molecule has 0 radical (unpaired) electrons. The van der Waals surface area contributed by atoms with Crippen LogP contribution in [0.15, 0.2) is 42.6 Å². The van der Waals surface area contributed by atoms with Gasteiger partial charge in [0.2, 0.25) is 11.8 Å². The third kappa shape index (κ3) is 3.39. The van der Waals surface area contributed by atoms with Crippen molar-refractivity contribution >= 4 is 17.7 Å². The summed E-state index contributed by atoms with van der Waals surface area (Å²) in [7, 11) is 1.98. The molecule has 2 aromatic carbocycles. The SMILES string of the molecule is Cc1cc(C)cc(-c2nc(-c3ccc4c(c3)CN(C3CCC(=O)NC3=O)C4=O)cn2C)c1. The van der Waals surface area contributed by atoms with E-state index < -0.39 is 11.9 Å². The standard InChI is InChI=1S/C25H24N4O3/c1-14-8-15(2)10-17(9-14)23-26-20(13-28(23)3)16-4-5-19-18(11-16)12-29(25(19)32)21-6-7-22(30)27-24(21)31/h4-5,8-11,13,21H,6-7,12H2,1-3H3,(H,27,30,31). The van der Waals surface area contributed by atoms with E-state index in [1.165, 1.54) is 11.1 Å². The van der Waals surface area contributed by atoms with E-state index in [0.717, 1.165) is 28.2 Å². The Morgan fingerprint density at radius 1 is 1.00 bits per heavy atom. The molecule has 1 N–H and O–H groups in total. The lowest BCUT2D eigenvalue weighted by molar-refractivity contribution is -0.136. The number of aromatic nitrogens is 2. The summed E-state index contributed by atoms with van der Waals surface area (Å²) < 4.78 is 2.01. The van der Waals surface area contributed by atoms with Crippen LogP contribution in [-0.2, 0) is 23.2 Å². The van der Waals surface area contributed by atoms with Gasteiger partial charge in [-0.3, -0.25) is 19.7 Å². The van der Waals surface area contributed by atoms with E-state index >= 15 is 0 Å². The normalized spacial score (nSPS) is 18.2. The number of nitrogens with one attached hydrogen (secondary N) is 1. The molecule has 3 aromatic rings. The maximum Gasteiger partial charge on any atom is 0.255 e. The van der Waals surface area contributed by atoms with Crippen LogP contribution >= 0.6 is 0 Å². The van der Waals surface area contributed by atoms with Gasteiger partial charge in [-0.25, -0.2) is 4.98 Å². The Kier molecular flexibility index (Phi) is 4.69. The van der Waals surface area contributed by atoms with Crippen LogP contribution in [-0.4, -0.2) is 38.2 Å². The summed E-state index contributed by atoms with van der Waals surface area (Å²) in [6, 6.07) is 11.5. The highest BCUT2D eigenvalue weighted by molar-refractivity contribution is 6.05. The van der Waals surface area contributed by atoms with Crippen LogP contribution in [0.2, 0.25) is 0 Å². The van der Waals surface area contributed by atoms with Crippen LogP contribution in [0.1, 0.15) is 39.9 Å². The molecule has 3 heterocycles. The first-order chi connectivity index (χ1) is 15.3. The lowest BCUT2D eigenvalue weighted by Gasteiger charge is -2.29. The van der Waals surface area contributed by atoms with Gasteiger partial charge in [0.15, 0.2) is 0 Å². The molecule has 7 nitrogen and oxygen atoms in total. The topological polar surface area (TPSA) is 84.3 Å². The number of rotatable bonds is 3. The molecule has 0 spiro atoms. The fourth-order valence-corrected chi connectivity index (χ4v) is 4.71. The molecule has 1 aromatic heterocycles. The first-order valence-electron chi connectivity index (χ1n) is 10.7. The molecule has 2 aliphatic rings. The van der Waals surface area contributed by atoms with E-state index in [-0.39, 0.29) is 18.2 Å². The number of hydrogen-bond acceptors (Lipinski definition) is 4. The molecule has 0 aliphatic carbocycles. The van der Waals surface area contributed by atoms with Gasteiger partial charge in [0, 0.05) is 42.9 Å². The van der Waals surface area contributed by atoms with E-state index in [4.69, 9.17) is 4.98 Å². The van der Waals surface area contributed by atoms with Gasteiger partial charge < -0.3 is 9.47 Å². The number of amides is 3. The second-order valence-corrected chi connectivity index (χ2v) is 8.71. The molecule has 162 valence electrons. The number of piperidine rings is 1. The van der Waals surface area contributed by atoms with Crippen molar-refractivity contribution in [3.63, 3.8) is 0 Å². The van der Waals surface area contributed by atoms with E-state index in [1.54, 1.807) is 4.90 Å². The number of benzene rings is 2. The monoisotopic (exact) mass is 428 g/mol. The maximum atomic E-state index is 12.9. The van der Waals surface area contributed by atoms with Crippen LogP contribution in [0, 0.1) is 13.8 Å². The minimum Gasteiger partial charge on any atom is -0.333 e. The second-order valence-electron chi connectivity index (χ2n) is 8.71. The third-order valence-corrected chi connectivity index (χ3v) is 6.18. The second kappa shape index (κ2) is 7.44. The number of fused-ring (bicyclic) bond motifs is 1. The molecular weight excluding hydrogens is 404 g/mol. The Hall–Kier alpha value is -3.74. The maximum absolute atomic E-state index is 12.9. The predicted molar refractivity (Wildman–Crippen MR) is 120 cm³/mol. The summed E-state index contributed by atoms with van der Waals surface area (Å²) in [4.78, 5) is 43.1. The van der Waals surface area contributed by atoms with Crippen LogP contribution in [0.5, 0.6) is 0 Å². The zero-order valence-corrected chi connectivity index (χ0v) is 18.3. The minimum absolute atomic E-state index is 0.169. The highest BCUT2D eigenvalue weighted by Gasteiger charge is 2.39. The number of imidazole rings is 1. The Morgan fingerprint density at radius 2 is 1.75 bits per heavy atom. The van der Waals surface area contributed by atoms with Gasteiger partial charge in [-0.05, 0) is 50.1 Å². The van der Waals surface area contributed by atoms with Crippen molar-refractivity contribution in [1.82, 2.24) is 19.8 Å². The molecule has 1 saturated heterocycles. The molecule has 2 aliphatic heterocycles. The van der Waals surface area contributed by atoms with Gasteiger partial charge in [0.05, 0.1) is 5.69 Å². The molecular formula is C25H24N4O3. The van der Waals surface area contributed by atoms with Crippen LogP contribution in [0.3, 0.4) is 0 Å². The molecule has 32 heavy (non-hydrogen) atoms. The number of imide groups is 1. The van der Waals surface area contributed by atoms with Gasteiger partial charge in [0.25, 0.3) is 5.91 Å². The van der Waals surface area contributed by atoms with Crippen molar-refractivity contribution in [3.8, 4) is 22.6 Å². The van der Waals surface area contributed by atoms with Gasteiger partial charge in [-0.15, -0.1) is 0 Å². The quantitative estimate of drug-likeness (QED) is 0.650. The van der Waals surface area contributed by atoms with Gasteiger partial charge in [0.1, 0.15) is 11.9 Å². The van der Waals surface area contributed by atoms with Crippen LogP contribution < -0.4 is 5.32 Å². The van der Waals surface area contributed by atoms with E-state index in [2.05, 4.69) is 37.4 Å².